The fourth-order valence-electron chi connectivity index (χ4n) is 2.14. The molecule has 0 atom stereocenters. The van der Waals surface area contributed by atoms with Crippen molar-refractivity contribution in [3.8, 4) is 0 Å². The summed E-state index contributed by atoms with van der Waals surface area (Å²) >= 11 is 0. The average molecular weight is 201 g/mol. The molecule has 0 unspecified atom stereocenters. The van der Waals surface area contributed by atoms with E-state index in [4.69, 9.17) is 0 Å². The lowest BCUT2D eigenvalue weighted by molar-refractivity contribution is -0.0354. The van der Waals surface area contributed by atoms with Crippen LogP contribution in [0.2, 0.25) is 0 Å². The van der Waals surface area contributed by atoms with Gasteiger partial charge in [0.25, 0.3) is 0 Å². The number of hydrogen-bond donors (Lipinski definition) is 0. The molecule has 0 spiro atoms. The Labute approximate surface area is 87.7 Å². The van der Waals surface area contributed by atoms with E-state index >= 15 is 0 Å². The number of hydrogen-bond acceptors (Lipinski definition) is 1. The van der Waals surface area contributed by atoms with Crippen molar-refractivity contribution in [3.63, 3.8) is 0 Å². The maximum atomic E-state index is 14.5. The van der Waals surface area contributed by atoms with Gasteiger partial charge >= 0.3 is 0 Å². The van der Waals surface area contributed by atoms with Crippen LogP contribution in [-0.4, -0.2) is 29.7 Å². The summed E-state index contributed by atoms with van der Waals surface area (Å²) in [5, 5.41) is 0. The smallest absolute Gasteiger partial charge is 0.118 e. The Balaban J connectivity index is 2.58. The van der Waals surface area contributed by atoms with E-state index in [1.165, 1.54) is 0 Å². The molecular weight excluding hydrogens is 177 g/mol. The van der Waals surface area contributed by atoms with E-state index in [1.54, 1.807) is 0 Å². The monoisotopic (exact) mass is 201 g/mol. The zero-order valence-corrected chi connectivity index (χ0v) is 10.2. The summed E-state index contributed by atoms with van der Waals surface area (Å²) in [5.41, 5.74) is -1.17. The van der Waals surface area contributed by atoms with Gasteiger partial charge in [-0.15, -0.1) is 0 Å². The van der Waals surface area contributed by atoms with Crippen LogP contribution in [0, 0.1) is 5.41 Å². The van der Waals surface area contributed by atoms with Crippen molar-refractivity contribution in [2.75, 3.05) is 13.1 Å². The summed E-state index contributed by atoms with van der Waals surface area (Å²) in [6.45, 7) is 12.2. The quantitative estimate of drug-likeness (QED) is 0.629. The van der Waals surface area contributed by atoms with Crippen molar-refractivity contribution in [2.24, 2.45) is 5.41 Å². The Bertz CT molecular complexity index is 185. The molecule has 0 aliphatic carbocycles. The van der Waals surface area contributed by atoms with Crippen LogP contribution in [0.1, 0.15) is 47.5 Å². The first-order valence-electron chi connectivity index (χ1n) is 5.69. The molecule has 1 rings (SSSR count). The molecule has 84 valence electrons. The molecule has 1 saturated heterocycles. The van der Waals surface area contributed by atoms with Gasteiger partial charge in [-0.25, -0.2) is 4.39 Å². The van der Waals surface area contributed by atoms with Crippen LogP contribution in [0.3, 0.4) is 0 Å². The van der Waals surface area contributed by atoms with Crippen LogP contribution in [0.25, 0.3) is 0 Å². The molecule has 0 bridgehead atoms. The second-order valence-electron chi connectivity index (χ2n) is 5.85. The normalized spacial score (nSPS) is 24.2. The van der Waals surface area contributed by atoms with Crippen molar-refractivity contribution < 1.29 is 4.39 Å². The molecule has 0 N–H and O–H groups in total. The Morgan fingerprint density at radius 2 is 1.57 bits per heavy atom. The highest BCUT2D eigenvalue weighted by atomic mass is 19.1. The Morgan fingerprint density at radius 1 is 1.14 bits per heavy atom. The second-order valence-corrected chi connectivity index (χ2v) is 5.85. The second kappa shape index (κ2) is 3.80. The molecule has 1 aliphatic rings. The van der Waals surface area contributed by atoms with E-state index in [0.29, 0.717) is 18.9 Å². The minimum Gasteiger partial charge on any atom is -0.301 e. The maximum Gasteiger partial charge on any atom is 0.118 e. The third-order valence-corrected chi connectivity index (χ3v) is 3.66. The minimum absolute atomic E-state index is 0.212. The third kappa shape index (κ3) is 2.28. The molecule has 1 heterocycles. The van der Waals surface area contributed by atoms with Gasteiger partial charge in [0.1, 0.15) is 5.67 Å². The fourth-order valence-corrected chi connectivity index (χ4v) is 2.14. The number of halogens is 1. The molecule has 14 heavy (non-hydrogen) atoms. The van der Waals surface area contributed by atoms with E-state index in [-0.39, 0.29) is 5.41 Å². The van der Waals surface area contributed by atoms with E-state index < -0.39 is 5.67 Å². The standard InChI is InChI=1S/C12H24FN/c1-10(2)14-8-6-12(13,7-9-14)11(3,4)5/h10H,6-9H2,1-5H3. The van der Waals surface area contributed by atoms with E-state index in [9.17, 15) is 4.39 Å². The molecule has 0 radical (unpaired) electrons. The third-order valence-electron chi connectivity index (χ3n) is 3.66. The summed E-state index contributed by atoms with van der Waals surface area (Å²) in [5.74, 6) is 0. The Morgan fingerprint density at radius 3 is 1.86 bits per heavy atom. The van der Waals surface area contributed by atoms with Crippen LogP contribution in [0.5, 0.6) is 0 Å². The van der Waals surface area contributed by atoms with Gasteiger partial charge < -0.3 is 4.90 Å². The molecule has 2 heteroatoms. The van der Waals surface area contributed by atoms with E-state index in [1.807, 2.05) is 20.8 Å². The minimum atomic E-state index is -0.960. The summed E-state index contributed by atoms with van der Waals surface area (Å²) < 4.78 is 14.5. The van der Waals surface area contributed by atoms with Gasteiger partial charge in [-0.1, -0.05) is 20.8 Å². The molecule has 0 amide bonds. The van der Waals surface area contributed by atoms with Gasteiger partial charge in [-0.2, -0.15) is 0 Å². The van der Waals surface area contributed by atoms with Gasteiger partial charge in [0.2, 0.25) is 0 Å². The first-order valence-corrected chi connectivity index (χ1v) is 5.69. The predicted molar refractivity (Wildman–Crippen MR) is 59.2 cm³/mol. The first-order chi connectivity index (χ1) is 6.26. The summed E-state index contributed by atoms with van der Waals surface area (Å²) in [6.07, 6.45) is 1.38. The lowest BCUT2D eigenvalue weighted by Gasteiger charge is -2.45. The van der Waals surface area contributed by atoms with Crippen LogP contribution < -0.4 is 0 Å². The van der Waals surface area contributed by atoms with E-state index in [0.717, 1.165) is 13.1 Å². The number of likely N-dealkylation sites (tertiary alicyclic amines) is 1. The highest BCUT2D eigenvalue weighted by Gasteiger charge is 2.44. The molecule has 1 aliphatic heterocycles. The van der Waals surface area contributed by atoms with Crippen molar-refractivity contribution in [2.45, 2.75) is 59.2 Å². The number of piperidine rings is 1. The molecule has 1 nitrogen and oxygen atoms in total. The maximum absolute atomic E-state index is 14.5. The number of alkyl halides is 1. The molecule has 1 fully saturated rings. The molecule has 0 aromatic rings. The van der Waals surface area contributed by atoms with Gasteiger partial charge in [-0.05, 0) is 32.1 Å². The number of nitrogens with zero attached hydrogens (tertiary/aromatic N) is 1. The van der Waals surface area contributed by atoms with Crippen molar-refractivity contribution in [3.05, 3.63) is 0 Å². The topological polar surface area (TPSA) is 3.24 Å². The van der Waals surface area contributed by atoms with E-state index in [2.05, 4.69) is 18.7 Å². The van der Waals surface area contributed by atoms with Crippen molar-refractivity contribution in [1.29, 1.82) is 0 Å². The van der Waals surface area contributed by atoms with Crippen molar-refractivity contribution >= 4 is 0 Å². The highest BCUT2D eigenvalue weighted by molar-refractivity contribution is 4.95. The summed E-state index contributed by atoms with van der Waals surface area (Å²) in [4.78, 5) is 2.36. The first kappa shape index (κ1) is 12.0. The SMILES string of the molecule is CC(C)N1CCC(F)(C(C)(C)C)CC1. The van der Waals surface area contributed by atoms with Crippen molar-refractivity contribution in [1.82, 2.24) is 4.90 Å². The molecular formula is C12H24FN. The van der Waals surface area contributed by atoms with Gasteiger partial charge in [0, 0.05) is 19.1 Å². The highest BCUT2D eigenvalue weighted by Crippen LogP contribution is 2.42. The summed E-state index contributed by atoms with van der Waals surface area (Å²) in [6, 6.07) is 0.555. The zero-order chi connectivity index (χ0) is 11.0. The lowest BCUT2D eigenvalue weighted by atomic mass is 9.72. The van der Waals surface area contributed by atoms with Gasteiger partial charge in [0.15, 0.2) is 0 Å². The van der Waals surface area contributed by atoms with Crippen LogP contribution in [-0.2, 0) is 0 Å². The van der Waals surface area contributed by atoms with Gasteiger partial charge in [-0.3, -0.25) is 0 Å². The van der Waals surface area contributed by atoms with Gasteiger partial charge in [0.05, 0.1) is 0 Å². The Kier molecular flexibility index (Phi) is 3.25. The van der Waals surface area contributed by atoms with Crippen LogP contribution in [0.4, 0.5) is 4.39 Å². The fraction of sp³-hybridized carbons (Fsp3) is 1.00. The molecule has 0 aromatic heterocycles. The number of rotatable bonds is 1. The van der Waals surface area contributed by atoms with Crippen LogP contribution in [0.15, 0.2) is 0 Å². The largest absolute Gasteiger partial charge is 0.301 e. The Hall–Kier alpha value is -0.110. The molecule has 0 aromatic carbocycles. The summed E-state index contributed by atoms with van der Waals surface area (Å²) in [7, 11) is 0. The average Bonchev–Trinajstić information content (AvgIpc) is 2.03. The lowest BCUT2D eigenvalue weighted by Crippen LogP contribution is -2.50. The molecule has 0 saturated carbocycles. The zero-order valence-electron chi connectivity index (χ0n) is 10.2. The van der Waals surface area contributed by atoms with Crippen LogP contribution >= 0.6 is 0 Å². The predicted octanol–water partition coefficient (Wildman–Crippen LogP) is 3.25.